The van der Waals surface area contributed by atoms with Gasteiger partial charge in [0.15, 0.2) is 0 Å². The van der Waals surface area contributed by atoms with Crippen LogP contribution in [0.15, 0.2) is 66.7 Å². The fourth-order valence-corrected chi connectivity index (χ4v) is 2.74. The Bertz CT molecular complexity index is 595. The van der Waals surface area contributed by atoms with E-state index in [0.29, 0.717) is 0 Å². The maximum Gasteiger partial charge on any atom is 0.0572 e. The van der Waals surface area contributed by atoms with Crippen LogP contribution in [0.25, 0.3) is 0 Å². The van der Waals surface area contributed by atoms with Crippen LogP contribution < -0.4 is 10.6 Å². The van der Waals surface area contributed by atoms with Crippen molar-refractivity contribution in [1.29, 1.82) is 0 Å². The van der Waals surface area contributed by atoms with Gasteiger partial charge in [-0.05, 0) is 23.6 Å². The monoisotopic (exact) mass is 300 g/mol. The van der Waals surface area contributed by atoms with Gasteiger partial charge < -0.3 is 10.6 Å². The molecule has 3 rings (SSSR count). The van der Waals surface area contributed by atoms with Crippen LogP contribution in [0.3, 0.4) is 0 Å². The largest absolute Gasteiger partial charge is 0.367 e. The smallest absolute Gasteiger partial charge is 0.0572 e. The molecule has 0 aliphatic carbocycles. The summed E-state index contributed by atoms with van der Waals surface area (Å²) < 4.78 is 0. The van der Waals surface area contributed by atoms with E-state index in [1.807, 2.05) is 18.2 Å². The predicted molar refractivity (Wildman–Crippen MR) is 92.1 cm³/mol. The highest BCUT2D eigenvalue weighted by Gasteiger charge is 2.17. The third-order valence-corrected chi connectivity index (χ3v) is 3.83. The summed E-state index contributed by atoms with van der Waals surface area (Å²) in [5, 5.41) is 0. The summed E-state index contributed by atoms with van der Waals surface area (Å²) in [7, 11) is 0. The molecule has 0 fully saturated rings. The first kappa shape index (κ1) is 15.6. The molecule has 21 heavy (non-hydrogen) atoms. The number of hydrogen-bond acceptors (Lipinski definition) is 2. The Morgan fingerprint density at radius 2 is 1.62 bits per heavy atom. The van der Waals surface area contributed by atoms with E-state index in [9.17, 15) is 0 Å². The molecule has 3 heteroatoms. The Morgan fingerprint density at radius 1 is 0.905 bits per heavy atom. The summed E-state index contributed by atoms with van der Waals surface area (Å²) in [5.74, 6) is 0. The van der Waals surface area contributed by atoms with Crippen molar-refractivity contribution in [3.8, 4) is 0 Å². The maximum atomic E-state index is 6.48. The average molecular weight is 301 g/mol. The second-order valence-corrected chi connectivity index (χ2v) is 5.15. The zero-order valence-corrected chi connectivity index (χ0v) is 12.8. The lowest BCUT2D eigenvalue weighted by Gasteiger charge is -2.29. The van der Waals surface area contributed by atoms with Crippen molar-refractivity contribution in [3.05, 3.63) is 77.9 Å². The Kier molecular flexibility index (Phi) is 5.43. The SMILES string of the molecule is Cl.NC(c1ccccc1)c1ccccc1N1CC=CCC1. The highest BCUT2D eigenvalue weighted by molar-refractivity contribution is 5.85. The van der Waals surface area contributed by atoms with E-state index in [4.69, 9.17) is 5.73 Å². The molecular formula is C18H21ClN2. The standard InChI is InChI=1S/C18H20N2.ClH/c19-18(15-9-3-1-4-10-15)16-11-5-6-12-17(16)20-13-7-2-8-14-20;/h1-7,9-12,18H,8,13-14,19H2;1H. The molecule has 110 valence electrons. The molecule has 1 unspecified atom stereocenters. The summed E-state index contributed by atoms with van der Waals surface area (Å²) in [4.78, 5) is 2.40. The molecule has 1 atom stereocenters. The van der Waals surface area contributed by atoms with E-state index in [-0.39, 0.29) is 18.4 Å². The molecule has 0 aromatic heterocycles. The average Bonchev–Trinajstić information content (AvgIpc) is 2.56. The van der Waals surface area contributed by atoms with Gasteiger partial charge in [0, 0.05) is 18.8 Å². The normalized spacial score (nSPS) is 15.4. The number of anilines is 1. The lowest BCUT2D eigenvalue weighted by Crippen LogP contribution is -2.29. The van der Waals surface area contributed by atoms with E-state index in [0.717, 1.165) is 25.1 Å². The van der Waals surface area contributed by atoms with Crippen LogP contribution in [-0.4, -0.2) is 13.1 Å². The maximum absolute atomic E-state index is 6.48. The van der Waals surface area contributed by atoms with Gasteiger partial charge in [-0.3, -0.25) is 0 Å². The van der Waals surface area contributed by atoms with Crippen molar-refractivity contribution in [1.82, 2.24) is 0 Å². The number of rotatable bonds is 3. The molecule has 2 aromatic carbocycles. The minimum absolute atomic E-state index is 0. The molecule has 2 N–H and O–H groups in total. The summed E-state index contributed by atoms with van der Waals surface area (Å²) in [6, 6.07) is 18.7. The van der Waals surface area contributed by atoms with Crippen LogP contribution >= 0.6 is 12.4 Å². The molecule has 0 saturated heterocycles. The molecule has 2 aromatic rings. The van der Waals surface area contributed by atoms with Crippen LogP contribution in [0, 0.1) is 0 Å². The summed E-state index contributed by atoms with van der Waals surface area (Å²) in [5.41, 5.74) is 10.1. The summed E-state index contributed by atoms with van der Waals surface area (Å²) in [6.45, 7) is 2.04. The first-order valence-electron chi connectivity index (χ1n) is 7.15. The van der Waals surface area contributed by atoms with Crippen LogP contribution in [0.2, 0.25) is 0 Å². The van der Waals surface area contributed by atoms with Crippen molar-refractivity contribution >= 4 is 18.1 Å². The van der Waals surface area contributed by atoms with Crippen LogP contribution in [-0.2, 0) is 0 Å². The molecule has 0 radical (unpaired) electrons. The zero-order valence-electron chi connectivity index (χ0n) is 12.0. The van der Waals surface area contributed by atoms with Crippen LogP contribution in [0.1, 0.15) is 23.6 Å². The van der Waals surface area contributed by atoms with Gasteiger partial charge in [0.1, 0.15) is 0 Å². The first-order chi connectivity index (χ1) is 9.86. The van der Waals surface area contributed by atoms with Crippen molar-refractivity contribution in [3.63, 3.8) is 0 Å². The van der Waals surface area contributed by atoms with Gasteiger partial charge in [-0.15, -0.1) is 12.4 Å². The zero-order chi connectivity index (χ0) is 13.8. The Balaban J connectivity index is 0.00000161. The second kappa shape index (κ2) is 7.30. The Hall–Kier alpha value is -1.77. The van der Waals surface area contributed by atoms with E-state index in [2.05, 4.69) is 53.5 Å². The number of benzene rings is 2. The Labute approximate surface area is 132 Å². The predicted octanol–water partition coefficient (Wildman–Crippen LogP) is 3.92. The van der Waals surface area contributed by atoms with Crippen molar-refractivity contribution < 1.29 is 0 Å². The second-order valence-electron chi connectivity index (χ2n) is 5.15. The third-order valence-electron chi connectivity index (χ3n) is 3.83. The molecule has 1 aliphatic heterocycles. The lowest BCUT2D eigenvalue weighted by molar-refractivity contribution is 0.795. The van der Waals surface area contributed by atoms with Gasteiger partial charge in [-0.1, -0.05) is 60.7 Å². The van der Waals surface area contributed by atoms with Gasteiger partial charge in [-0.2, -0.15) is 0 Å². The van der Waals surface area contributed by atoms with Crippen molar-refractivity contribution in [2.45, 2.75) is 12.5 Å². The van der Waals surface area contributed by atoms with Crippen molar-refractivity contribution in [2.75, 3.05) is 18.0 Å². The van der Waals surface area contributed by atoms with E-state index in [1.54, 1.807) is 0 Å². The van der Waals surface area contributed by atoms with Gasteiger partial charge in [-0.25, -0.2) is 0 Å². The molecule has 0 saturated carbocycles. The molecule has 0 bridgehead atoms. The molecule has 2 nitrogen and oxygen atoms in total. The molecule has 1 heterocycles. The molecular weight excluding hydrogens is 280 g/mol. The third kappa shape index (κ3) is 3.46. The van der Waals surface area contributed by atoms with Gasteiger partial charge in [0.25, 0.3) is 0 Å². The number of nitrogens with zero attached hydrogens (tertiary/aromatic N) is 1. The highest BCUT2D eigenvalue weighted by atomic mass is 35.5. The van der Waals surface area contributed by atoms with Gasteiger partial charge in [0.2, 0.25) is 0 Å². The highest BCUT2D eigenvalue weighted by Crippen LogP contribution is 2.29. The van der Waals surface area contributed by atoms with E-state index >= 15 is 0 Å². The molecule has 1 aliphatic rings. The minimum Gasteiger partial charge on any atom is -0.367 e. The number of nitrogens with two attached hydrogens (primary N) is 1. The van der Waals surface area contributed by atoms with E-state index in [1.165, 1.54) is 11.3 Å². The fraction of sp³-hybridized carbons (Fsp3) is 0.222. The minimum atomic E-state index is -0.0710. The van der Waals surface area contributed by atoms with Gasteiger partial charge in [0.05, 0.1) is 6.04 Å². The van der Waals surface area contributed by atoms with E-state index < -0.39 is 0 Å². The molecule has 0 spiro atoms. The lowest BCUT2D eigenvalue weighted by atomic mass is 9.97. The van der Waals surface area contributed by atoms with Gasteiger partial charge >= 0.3 is 0 Å². The number of hydrogen-bond donors (Lipinski definition) is 1. The summed E-state index contributed by atoms with van der Waals surface area (Å²) in [6.07, 6.45) is 5.58. The first-order valence-corrected chi connectivity index (χ1v) is 7.15. The van der Waals surface area contributed by atoms with Crippen LogP contribution in [0.4, 0.5) is 5.69 Å². The van der Waals surface area contributed by atoms with Crippen LogP contribution in [0.5, 0.6) is 0 Å². The van der Waals surface area contributed by atoms with Crippen molar-refractivity contribution in [2.24, 2.45) is 5.73 Å². The number of para-hydroxylation sites is 1. The Morgan fingerprint density at radius 3 is 2.33 bits per heavy atom. The summed E-state index contributed by atoms with van der Waals surface area (Å²) >= 11 is 0. The molecule has 0 amide bonds. The topological polar surface area (TPSA) is 29.3 Å². The number of halogens is 1. The quantitative estimate of drug-likeness (QED) is 0.871. The fourth-order valence-electron chi connectivity index (χ4n) is 2.74.